The van der Waals surface area contributed by atoms with Crippen LogP contribution < -0.4 is 4.74 Å². The van der Waals surface area contributed by atoms with E-state index in [-0.39, 0.29) is 5.78 Å². The van der Waals surface area contributed by atoms with E-state index in [1.165, 1.54) is 0 Å². The molecule has 0 N–H and O–H groups in total. The first kappa shape index (κ1) is 14.5. The quantitative estimate of drug-likeness (QED) is 0.489. The number of aromatic nitrogens is 2. The second-order valence-corrected chi connectivity index (χ2v) is 5.54. The van der Waals surface area contributed by atoms with Crippen LogP contribution in [-0.4, -0.2) is 22.5 Å². The highest BCUT2D eigenvalue weighted by molar-refractivity contribution is 7.13. The third kappa shape index (κ3) is 3.59. The first-order valence-electron chi connectivity index (χ1n) is 6.90. The summed E-state index contributed by atoms with van der Waals surface area (Å²) in [5, 5.41) is 5.79. The van der Waals surface area contributed by atoms with Crippen molar-refractivity contribution in [2.45, 2.75) is 12.8 Å². The van der Waals surface area contributed by atoms with E-state index in [1.54, 1.807) is 29.7 Å². The summed E-state index contributed by atoms with van der Waals surface area (Å²) in [7, 11) is 0. The van der Waals surface area contributed by atoms with Crippen molar-refractivity contribution in [3.8, 4) is 16.5 Å². The van der Waals surface area contributed by atoms with Crippen LogP contribution in [0.1, 0.15) is 23.3 Å². The molecule has 0 aliphatic heterocycles. The van der Waals surface area contributed by atoms with Crippen LogP contribution in [0.15, 0.2) is 52.5 Å². The van der Waals surface area contributed by atoms with Gasteiger partial charge in [0.15, 0.2) is 11.5 Å². The van der Waals surface area contributed by atoms with Crippen molar-refractivity contribution in [1.29, 1.82) is 0 Å². The number of hydrogen-bond donors (Lipinski definition) is 0. The largest absolute Gasteiger partial charge is 0.478 e. The van der Waals surface area contributed by atoms with Crippen molar-refractivity contribution < 1.29 is 14.1 Å². The van der Waals surface area contributed by atoms with Crippen molar-refractivity contribution in [3.63, 3.8) is 0 Å². The lowest BCUT2D eigenvalue weighted by molar-refractivity contribution is 0.0964. The summed E-state index contributed by atoms with van der Waals surface area (Å²) < 4.78 is 10.7. The fraction of sp³-hybridized carbons (Fsp3) is 0.188. The normalized spacial score (nSPS) is 10.5. The lowest BCUT2D eigenvalue weighted by Gasteiger charge is -2.03. The minimum absolute atomic E-state index is 0.0452. The zero-order valence-electron chi connectivity index (χ0n) is 11.8. The Morgan fingerprint density at radius 2 is 2.23 bits per heavy atom. The average Bonchev–Trinajstić information content (AvgIpc) is 3.22. The van der Waals surface area contributed by atoms with E-state index in [9.17, 15) is 4.79 Å². The first-order valence-corrected chi connectivity index (χ1v) is 7.78. The van der Waals surface area contributed by atoms with Crippen LogP contribution in [0.4, 0.5) is 0 Å². The Balaban J connectivity index is 1.48. The molecule has 0 unspecified atom stereocenters. The van der Waals surface area contributed by atoms with Gasteiger partial charge in [-0.3, -0.25) is 4.79 Å². The molecule has 0 radical (unpaired) electrons. The van der Waals surface area contributed by atoms with E-state index in [2.05, 4.69) is 10.1 Å². The van der Waals surface area contributed by atoms with Gasteiger partial charge in [0.1, 0.15) is 5.69 Å². The van der Waals surface area contributed by atoms with E-state index < -0.39 is 0 Å². The van der Waals surface area contributed by atoms with Gasteiger partial charge in [0.2, 0.25) is 5.88 Å². The van der Waals surface area contributed by atoms with Gasteiger partial charge < -0.3 is 9.26 Å². The molecule has 3 heterocycles. The molecule has 0 bridgehead atoms. The monoisotopic (exact) mass is 314 g/mol. The van der Waals surface area contributed by atoms with E-state index in [0.717, 1.165) is 4.88 Å². The smallest absolute Gasteiger partial charge is 0.213 e. The van der Waals surface area contributed by atoms with Crippen molar-refractivity contribution >= 4 is 17.1 Å². The molecule has 3 aromatic heterocycles. The van der Waals surface area contributed by atoms with Gasteiger partial charge in [-0.1, -0.05) is 17.3 Å². The molecule has 5 nitrogen and oxygen atoms in total. The van der Waals surface area contributed by atoms with Gasteiger partial charge in [-0.05, 0) is 23.9 Å². The lowest BCUT2D eigenvalue weighted by Crippen LogP contribution is -2.04. The van der Waals surface area contributed by atoms with Crippen LogP contribution in [0.5, 0.6) is 5.88 Å². The maximum Gasteiger partial charge on any atom is 0.213 e. The van der Waals surface area contributed by atoms with Crippen LogP contribution in [0.25, 0.3) is 10.6 Å². The Hall–Kier alpha value is -2.47. The molecule has 0 saturated carbocycles. The van der Waals surface area contributed by atoms with E-state index in [0.29, 0.717) is 36.8 Å². The Kier molecular flexibility index (Phi) is 4.60. The standard InChI is InChI=1S/C16H14N2O3S/c19-13(5-3-9-20-16-7-1-2-8-17-16)12-11-14(21-18-12)15-6-4-10-22-15/h1-2,4,6-8,10-11H,3,5,9H2. The maximum absolute atomic E-state index is 12.0. The molecule has 0 aliphatic carbocycles. The highest BCUT2D eigenvalue weighted by Gasteiger charge is 2.14. The highest BCUT2D eigenvalue weighted by Crippen LogP contribution is 2.25. The number of rotatable bonds is 7. The second kappa shape index (κ2) is 7.00. The number of carbonyl (C=O) groups is 1. The Labute approximate surface area is 131 Å². The minimum atomic E-state index is -0.0452. The fourth-order valence-electron chi connectivity index (χ4n) is 1.91. The molecule has 0 saturated heterocycles. The molecule has 22 heavy (non-hydrogen) atoms. The summed E-state index contributed by atoms with van der Waals surface area (Å²) in [5.41, 5.74) is 0.362. The molecule has 3 aromatic rings. The Morgan fingerprint density at radius 3 is 3.00 bits per heavy atom. The van der Waals surface area contributed by atoms with Crippen LogP contribution in [0.3, 0.4) is 0 Å². The minimum Gasteiger partial charge on any atom is -0.478 e. The van der Waals surface area contributed by atoms with Gasteiger partial charge in [0, 0.05) is 24.8 Å². The summed E-state index contributed by atoms with van der Waals surface area (Å²) in [6, 6.07) is 11.0. The molecule has 0 atom stereocenters. The SMILES string of the molecule is O=C(CCCOc1ccccn1)c1cc(-c2cccs2)on1. The van der Waals surface area contributed by atoms with E-state index in [4.69, 9.17) is 9.26 Å². The zero-order chi connectivity index (χ0) is 15.2. The Morgan fingerprint density at radius 1 is 1.27 bits per heavy atom. The molecular weight excluding hydrogens is 300 g/mol. The van der Waals surface area contributed by atoms with Crippen molar-refractivity contribution in [1.82, 2.24) is 10.1 Å². The average molecular weight is 314 g/mol. The van der Waals surface area contributed by atoms with Crippen molar-refractivity contribution in [3.05, 3.63) is 53.7 Å². The number of carbonyl (C=O) groups excluding carboxylic acids is 1. The molecule has 3 rings (SSSR count). The van der Waals surface area contributed by atoms with Gasteiger partial charge in [-0.15, -0.1) is 11.3 Å². The van der Waals surface area contributed by atoms with Gasteiger partial charge in [0.05, 0.1) is 11.5 Å². The van der Waals surface area contributed by atoms with Crippen molar-refractivity contribution in [2.24, 2.45) is 0 Å². The van der Waals surface area contributed by atoms with Gasteiger partial charge in [-0.25, -0.2) is 4.98 Å². The van der Waals surface area contributed by atoms with Gasteiger partial charge in [0.25, 0.3) is 0 Å². The number of nitrogens with zero attached hydrogens (tertiary/aromatic N) is 2. The fourth-order valence-corrected chi connectivity index (χ4v) is 2.58. The number of ether oxygens (including phenoxy) is 1. The number of Topliss-reactive ketones (excluding diaryl/α,β-unsaturated/α-hetero) is 1. The van der Waals surface area contributed by atoms with Crippen LogP contribution >= 0.6 is 11.3 Å². The summed E-state index contributed by atoms with van der Waals surface area (Å²) >= 11 is 1.55. The van der Waals surface area contributed by atoms with Gasteiger partial charge in [-0.2, -0.15) is 0 Å². The zero-order valence-corrected chi connectivity index (χ0v) is 12.6. The molecule has 6 heteroatoms. The van der Waals surface area contributed by atoms with Crippen molar-refractivity contribution in [2.75, 3.05) is 6.61 Å². The maximum atomic E-state index is 12.0. The van der Waals surface area contributed by atoms with Crippen LogP contribution in [-0.2, 0) is 0 Å². The molecule has 0 spiro atoms. The highest BCUT2D eigenvalue weighted by atomic mass is 32.1. The molecule has 112 valence electrons. The van der Waals surface area contributed by atoms with E-state index >= 15 is 0 Å². The Bertz CT molecular complexity index is 723. The summed E-state index contributed by atoms with van der Waals surface area (Å²) in [4.78, 5) is 17.1. The summed E-state index contributed by atoms with van der Waals surface area (Å²) in [6.45, 7) is 0.443. The molecule has 0 fully saturated rings. The number of thiophene rings is 1. The molecule has 0 aliphatic rings. The van der Waals surface area contributed by atoms with Crippen LogP contribution in [0, 0.1) is 0 Å². The number of ketones is 1. The molecule has 0 amide bonds. The lowest BCUT2D eigenvalue weighted by atomic mass is 10.1. The predicted molar refractivity (Wildman–Crippen MR) is 83.1 cm³/mol. The van der Waals surface area contributed by atoms with Crippen LogP contribution in [0.2, 0.25) is 0 Å². The number of pyridine rings is 1. The molecular formula is C16H14N2O3S. The first-order chi connectivity index (χ1) is 10.8. The third-order valence-electron chi connectivity index (χ3n) is 3.00. The van der Waals surface area contributed by atoms with E-state index in [1.807, 2.05) is 29.6 Å². The third-order valence-corrected chi connectivity index (χ3v) is 3.88. The second-order valence-electron chi connectivity index (χ2n) is 4.60. The summed E-state index contributed by atoms with van der Waals surface area (Å²) in [6.07, 6.45) is 2.64. The molecule has 0 aromatic carbocycles. The van der Waals surface area contributed by atoms with Gasteiger partial charge >= 0.3 is 0 Å². The predicted octanol–water partition coefficient (Wildman–Crippen LogP) is 3.84. The topological polar surface area (TPSA) is 65.2 Å². The summed E-state index contributed by atoms with van der Waals surface area (Å²) in [5.74, 6) is 1.15. The number of hydrogen-bond acceptors (Lipinski definition) is 6.